The Morgan fingerprint density at radius 2 is 1.80 bits per heavy atom. The molecule has 2 rings (SSSR count). The highest BCUT2D eigenvalue weighted by Crippen LogP contribution is 2.33. The van der Waals surface area contributed by atoms with E-state index in [0.29, 0.717) is 11.6 Å². The molecular formula is C13H9F5N2. The molecular weight excluding hydrogens is 279 g/mol. The molecule has 0 saturated heterocycles. The number of nitrogens with zero attached hydrogens (tertiary/aromatic N) is 1. The van der Waals surface area contributed by atoms with Crippen LogP contribution in [0.5, 0.6) is 0 Å². The zero-order valence-corrected chi connectivity index (χ0v) is 10.0. The second-order valence-electron chi connectivity index (χ2n) is 4.06. The highest BCUT2D eigenvalue weighted by Gasteiger charge is 2.34. The van der Waals surface area contributed by atoms with E-state index < -0.39 is 23.4 Å². The lowest BCUT2D eigenvalue weighted by Gasteiger charge is -2.11. The number of benzene rings is 1. The molecule has 1 heterocycles. The number of nitrogens with one attached hydrogen (secondary N) is 1. The summed E-state index contributed by atoms with van der Waals surface area (Å²) in [6.07, 6.45) is -2.37. The summed E-state index contributed by atoms with van der Waals surface area (Å²) in [5.74, 6) is -1.88. The van der Waals surface area contributed by atoms with E-state index in [1.807, 2.05) is 0 Å². The van der Waals surface area contributed by atoms with Gasteiger partial charge in [0.05, 0.1) is 11.8 Å². The van der Waals surface area contributed by atoms with E-state index >= 15 is 0 Å². The Labute approximate surface area is 111 Å². The Hall–Kier alpha value is -2.18. The van der Waals surface area contributed by atoms with Gasteiger partial charge in [-0.15, -0.1) is 0 Å². The molecule has 1 aromatic carbocycles. The lowest BCUT2D eigenvalue weighted by molar-refractivity contribution is -0.139. The van der Waals surface area contributed by atoms with Gasteiger partial charge in [-0.25, -0.2) is 8.78 Å². The van der Waals surface area contributed by atoms with Crippen molar-refractivity contribution < 1.29 is 22.0 Å². The number of anilines is 1. The number of halogens is 5. The molecule has 0 spiro atoms. The van der Waals surface area contributed by atoms with Crippen LogP contribution in [0, 0.1) is 11.6 Å². The van der Waals surface area contributed by atoms with Crippen LogP contribution < -0.4 is 5.32 Å². The molecule has 0 aliphatic heterocycles. The summed E-state index contributed by atoms with van der Waals surface area (Å²) in [7, 11) is 0. The Morgan fingerprint density at radius 3 is 2.45 bits per heavy atom. The van der Waals surface area contributed by atoms with E-state index in [1.165, 1.54) is 18.3 Å². The van der Waals surface area contributed by atoms with Crippen molar-refractivity contribution in [3.63, 3.8) is 0 Å². The van der Waals surface area contributed by atoms with Gasteiger partial charge in [-0.3, -0.25) is 4.98 Å². The van der Waals surface area contributed by atoms with Gasteiger partial charge in [-0.2, -0.15) is 13.2 Å². The van der Waals surface area contributed by atoms with E-state index in [2.05, 4.69) is 10.3 Å². The second kappa shape index (κ2) is 5.44. The van der Waals surface area contributed by atoms with Crippen molar-refractivity contribution >= 4 is 5.69 Å². The van der Waals surface area contributed by atoms with Crippen molar-refractivity contribution in [3.8, 4) is 0 Å². The van der Waals surface area contributed by atoms with Gasteiger partial charge in [0.2, 0.25) is 0 Å². The molecule has 1 aromatic heterocycles. The number of aromatic nitrogens is 1. The standard InChI is InChI=1S/C13H9F5N2/c14-9-3-8(5-19-7-9)6-20-10-1-2-12(15)11(4-10)13(16,17)18/h1-5,7,20H,6H2. The van der Waals surface area contributed by atoms with Crippen molar-refractivity contribution in [3.05, 3.63) is 59.4 Å². The van der Waals surface area contributed by atoms with Crippen LogP contribution in [0.25, 0.3) is 0 Å². The van der Waals surface area contributed by atoms with Crippen LogP contribution in [-0.2, 0) is 12.7 Å². The lowest BCUT2D eigenvalue weighted by atomic mass is 10.1. The first-order valence-corrected chi connectivity index (χ1v) is 5.56. The van der Waals surface area contributed by atoms with E-state index in [-0.39, 0.29) is 12.2 Å². The molecule has 0 fully saturated rings. The summed E-state index contributed by atoms with van der Waals surface area (Å²) in [6.45, 7) is 0.0771. The van der Waals surface area contributed by atoms with Crippen LogP contribution in [0.15, 0.2) is 36.7 Å². The van der Waals surface area contributed by atoms with Crippen LogP contribution in [0.2, 0.25) is 0 Å². The number of hydrogen-bond acceptors (Lipinski definition) is 2. The normalized spacial score (nSPS) is 11.4. The van der Waals surface area contributed by atoms with Gasteiger partial charge in [0.25, 0.3) is 0 Å². The maximum absolute atomic E-state index is 13.1. The summed E-state index contributed by atoms with van der Waals surface area (Å²) in [6, 6.07) is 3.78. The van der Waals surface area contributed by atoms with Crippen LogP contribution in [0.1, 0.15) is 11.1 Å². The maximum atomic E-state index is 13.1. The molecule has 0 aliphatic carbocycles. The zero-order chi connectivity index (χ0) is 14.8. The monoisotopic (exact) mass is 288 g/mol. The first kappa shape index (κ1) is 14.2. The summed E-state index contributed by atoms with van der Waals surface area (Å²) < 4.78 is 63.5. The van der Waals surface area contributed by atoms with Gasteiger partial charge < -0.3 is 5.32 Å². The van der Waals surface area contributed by atoms with Crippen molar-refractivity contribution in [2.45, 2.75) is 12.7 Å². The topological polar surface area (TPSA) is 24.9 Å². The predicted octanol–water partition coefficient (Wildman–Crippen LogP) is 3.99. The quantitative estimate of drug-likeness (QED) is 0.864. The molecule has 0 bridgehead atoms. The summed E-state index contributed by atoms with van der Waals surface area (Å²) in [5, 5.41) is 2.65. The van der Waals surface area contributed by atoms with Crippen LogP contribution in [0.4, 0.5) is 27.6 Å². The molecule has 1 N–H and O–H groups in total. The molecule has 2 aromatic rings. The second-order valence-corrected chi connectivity index (χ2v) is 4.06. The van der Waals surface area contributed by atoms with Gasteiger partial charge in [0.15, 0.2) is 0 Å². The minimum Gasteiger partial charge on any atom is -0.381 e. The predicted molar refractivity (Wildman–Crippen MR) is 62.9 cm³/mol. The summed E-state index contributed by atoms with van der Waals surface area (Å²) in [5.41, 5.74) is -0.800. The van der Waals surface area contributed by atoms with Gasteiger partial charge in [-0.1, -0.05) is 0 Å². The fourth-order valence-corrected chi connectivity index (χ4v) is 1.61. The molecule has 0 aliphatic rings. The SMILES string of the molecule is Fc1cncc(CNc2ccc(F)c(C(F)(F)F)c2)c1. The number of alkyl halides is 3. The highest BCUT2D eigenvalue weighted by atomic mass is 19.4. The van der Waals surface area contributed by atoms with E-state index in [9.17, 15) is 22.0 Å². The average Bonchev–Trinajstić information content (AvgIpc) is 2.36. The van der Waals surface area contributed by atoms with Crippen molar-refractivity contribution in [2.75, 3.05) is 5.32 Å². The Bertz CT molecular complexity index is 610. The van der Waals surface area contributed by atoms with E-state index in [0.717, 1.165) is 12.3 Å². The third-order valence-corrected chi connectivity index (χ3v) is 2.53. The van der Waals surface area contributed by atoms with Crippen molar-refractivity contribution in [1.29, 1.82) is 0 Å². The molecule has 2 nitrogen and oxygen atoms in total. The molecule has 20 heavy (non-hydrogen) atoms. The molecule has 7 heteroatoms. The lowest BCUT2D eigenvalue weighted by Crippen LogP contribution is -2.09. The minimum absolute atomic E-state index is 0.0771. The fraction of sp³-hybridized carbons (Fsp3) is 0.154. The number of rotatable bonds is 3. The Morgan fingerprint density at radius 1 is 1.05 bits per heavy atom. The van der Waals surface area contributed by atoms with Gasteiger partial charge in [0.1, 0.15) is 11.6 Å². The van der Waals surface area contributed by atoms with Gasteiger partial charge >= 0.3 is 6.18 Å². The van der Waals surface area contributed by atoms with Crippen LogP contribution >= 0.6 is 0 Å². The molecule has 0 unspecified atom stereocenters. The molecule has 0 atom stereocenters. The van der Waals surface area contributed by atoms with Crippen molar-refractivity contribution in [1.82, 2.24) is 4.98 Å². The number of hydrogen-bond donors (Lipinski definition) is 1. The third kappa shape index (κ3) is 3.43. The highest BCUT2D eigenvalue weighted by molar-refractivity contribution is 5.47. The van der Waals surface area contributed by atoms with Crippen LogP contribution in [0.3, 0.4) is 0 Å². The molecule has 0 saturated carbocycles. The zero-order valence-electron chi connectivity index (χ0n) is 10.0. The maximum Gasteiger partial charge on any atom is 0.419 e. The molecule has 0 amide bonds. The van der Waals surface area contributed by atoms with Gasteiger partial charge in [-0.05, 0) is 29.8 Å². The fourth-order valence-electron chi connectivity index (χ4n) is 1.61. The first-order chi connectivity index (χ1) is 9.36. The summed E-state index contributed by atoms with van der Waals surface area (Å²) >= 11 is 0. The van der Waals surface area contributed by atoms with E-state index in [4.69, 9.17) is 0 Å². The first-order valence-electron chi connectivity index (χ1n) is 5.56. The number of pyridine rings is 1. The van der Waals surface area contributed by atoms with Crippen molar-refractivity contribution in [2.24, 2.45) is 0 Å². The van der Waals surface area contributed by atoms with Gasteiger partial charge in [0, 0.05) is 18.4 Å². The molecule has 0 radical (unpaired) electrons. The van der Waals surface area contributed by atoms with Crippen LogP contribution in [-0.4, -0.2) is 4.98 Å². The smallest absolute Gasteiger partial charge is 0.381 e. The average molecular weight is 288 g/mol. The minimum atomic E-state index is -4.76. The largest absolute Gasteiger partial charge is 0.419 e. The summed E-state index contributed by atoms with van der Waals surface area (Å²) in [4.78, 5) is 3.61. The third-order valence-electron chi connectivity index (χ3n) is 2.53. The van der Waals surface area contributed by atoms with E-state index in [1.54, 1.807) is 0 Å². The molecule has 106 valence electrons. The Kier molecular flexibility index (Phi) is 3.87. The Balaban J connectivity index is 2.14.